The molecule has 2 aromatic rings. The van der Waals surface area contributed by atoms with Crippen molar-refractivity contribution < 1.29 is 27.1 Å². The molecule has 2 rings (SSSR count). The SMILES string of the molecule is CC[C@H](C(=O)NC)N(Cc1ccc(OC)cc1)C(=O)CN(c1ccc(F)cc1)S(C)(=O)=O. The summed E-state index contributed by atoms with van der Waals surface area (Å²) >= 11 is 0. The molecule has 0 saturated heterocycles. The van der Waals surface area contributed by atoms with Gasteiger partial charge >= 0.3 is 0 Å². The Morgan fingerprint density at radius 3 is 2.16 bits per heavy atom. The zero-order valence-corrected chi connectivity index (χ0v) is 19.4. The number of amides is 2. The molecule has 174 valence electrons. The number of methoxy groups -OCH3 is 1. The number of rotatable bonds is 10. The van der Waals surface area contributed by atoms with Crippen LogP contribution in [0.4, 0.5) is 10.1 Å². The standard InChI is InChI=1S/C22H28FN3O5S/c1-5-20(22(28)24-2)25(14-16-6-12-19(31-3)13-7-16)21(27)15-26(32(4,29)30)18-10-8-17(23)9-11-18/h6-13,20H,5,14-15H2,1-4H3,(H,24,28)/t20-/m1/s1. The van der Waals surface area contributed by atoms with E-state index in [0.29, 0.717) is 12.2 Å². The molecular formula is C22H28FN3O5S. The molecule has 10 heteroatoms. The van der Waals surface area contributed by atoms with Crippen molar-refractivity contribution in [1.29, 1.82) is 0 Å². The Bertz CT molecular complexity index is 1030. The monoisotopic (exact) mass is 465 g/mol. The van der Waals surface area contributed by atoms with Crippen molar-refractivity contribution in [3.05, 3.63) is 59.9 Å². The topological polar surface area (TPSA) is 96.0 Å². The second-order valence-corrected chi connectivity index (χ2v) is 9.06. The van der Waals surface area contributed by atoms with E-state index in [1.807, 2.05) is 0 Å². The van der Waals surface area contributed by atoms with Crippen molar-refractivity contribution in [3.63, 3.8) is 0 Å². The maximum absolute atomic E-state index is 13.3. The largest absolute Gasteiger partial charge is 0.497 e. The lowest BCUT2D eigenvalue weighted by atomic mass is 10.1. The molecule has 1 atom stereocenters. The maximum atomic E-state index is 13.3. The van der Waals surface area contributed by atoms with Gasteiger partial charge in [0.25, 0.3) is 0 Å². The van der Waals surface area contributed by atoms with Crippen LogP contribution in [0.15, 0.2) is 48.5 Å². The first kappa shape index (κ1) is 25.1. The first-order chi connectivity index (χ1) is 15.1. The molecule has 2 amide bonds. The number of nitrogens with one attached hydrogen (secondary N) is 1. The minimum Gasteiger partial charge on any atom is -0.497 e. The van der Waals surface area contributed by atoms with Crippen molar-refractivity contribution in [2.75, 3.05) is 31.3 Å². The van der Waals surface area contributed by atoms with Crippen molar-refractivity contribution >= 4 is 27.5 Å². The first-order valence-electron chi connectivity index (χ1n) is 9.98. The van der Waals surface area contributed by atoms with E-state index in [1.165, 1.54) is 24.1 Å². The Balaban J connectivity index is 2.39. The maximum Gasteiger partial charge on any atom is 0.244 e. The molecule has 1 N–H and O–H groups in total. The van der Waals surface area contributed by atoms with Crippen LogP contribution >= 0.6 is 0 Å². The van der Waals surface area contributed by atoms with Gasteiger partial charge in [-0.2, -0.15) is 0 Å². The van der Waals surface area contributed by atoms with Gasteiger partial charge in [0.15, 0.2) is 0 Å². The lowest BCUT2D eigenvalue weighted by molar-refractivity contribution is -0.140. The highest BCUT2D eigenvalue weighted by Gasteiger charge is 2.31. The molecule has 0 aliphatic rings. The lowest BCUT2D eigenvalue weighted by Gasteiger charge is -2.32. The number of hydrogen-bond acceptors (Lipinski definition) is 5. The molecule has 0 fully saturated rings. The molecule has 0 aliphatic heterocycles. The summed E-state index contributed by atoms with van der Waals surface area (Å²) in [5.41, 5.74) is 0.897. The summed E-state index contributed by atoms with van der Waals surface area (Å²) in [7, 11) is -0.838. The van der Waals surface area contributed by atoms with Crippen LogP contribution in [-0.2, 0) is 26.2 Å². The fourth-order valence-corrected chi connectivity index (χ4v) is 4.08. The molecule has 8 nitrogen and oxygen atoms in total. The summed E-state index contributed by atoms with van der Waals surface area (Å²) in [6.45, 7) is 1.33. The Morgan fingerprint density at radius 1 is 1.09 bits per heavy atom. The highest BCUT2D eigenvalue weighted by Crippen LogP contribution is 2.21. The van der Waals surface area contributed by atoms with Gasteiger partial charge in [-0.05, 0) is 48.4 Å². The van der Waals surface area contributed by atoms with Gasteiger partial charge in [-0.15, -0.1) is 0 Å². The second-order valence-electron chi connectivity index (χ2n) is 7.15. The number of ether oxygens (including phenoxy) is 1. The number of benzene rings is 2. The van der Waals surface area contributed by atoms with Gasteiger partial charge in [0.2, 0.25) is 21.8 Å². The third-order valence-corrected chi connectivity index (χ3v) is 6.08. The minimum atomic E-state index is -3.85. The van der Waals surface area contributed by atoms with E-state index in [0.717, 1.165) is 28.3 Å². The number of halogens is 1. The Labute approximate surface area is 188 Å². The van der Waals surface area contributed by atoms with E-state index in [4.69, 9.17) is 4.74 Å². The van der Waals surface area contributed by atoms with Crippen molar-refractivity contribution in [3.8, 4) is 5.75 Å². The van der Waals surface area contributed by atoms with E-state index in [9.17, 15) is 22.4 Å². The molecule has 0 saturated carbocycles. The van der Waals surface area contributed by atoms with Crippen LogP contribution in [0.1, 0.15) is 18.9 Å². The first-order valence-corrected chi connectivity index (χ1v) is 11.8. The van der Waals surface area contributed by atoms with Crippen molar-refractivity contribution in [2.45, 2.75) is 25.9 Å². The number of hydrogen-bond donors (Lipinski definition) is 1. The number of carbonyl (C=O) groups is 2. The van der Waals surface area contributed by atoms with Gasteiger partial charge in [-0.1, -0.05) is 19.1 Å². The second kappa shape index (κ2) is 10.9. The van der Waals surface area contributed by atoms with Crippen LogP contribution in [0, 0.1) is 5.82 Å². The molecule has 0 heterocycles. The molecule has 0 aliphatic carbocycles. The average Bonchev–Trinajstić information content (AvgIpc) is 2.77. The molecule has 0 bridgehead atoms. The van der Waals surface area contributed by atoms with Gasteiger partial charge in [-0.3, -0.25) is 13.9 Å². The molecular weight excluding hydrogens is 437 g/mol. The van der Waals surface area contributed by atoms with Gasteiger partial charge in [0, 0.05) is 13.6 Å². The Kier molecular flexibility index (Phi) is 8.59. The normalized spacial score (nSPS) is 12.0. The predicted molar refractivity (Wildman–Crippen MR) is 120 cm³/mol. The molecule has 0 spiro atoms. The Morgan fingerprint density at radius 2 is 1.69 bits per heavy atom. The fourth-order valence-electron chi connectivity index (χ4n) is 3.23. The van der Waals surface area contributed by atoms with Crippen LogP contribution in [0.2, 0.25) is 0 Å². The molecule has 32 heavy (non-hydrogen) atoms. The van der Waals surface area contributed by atoms with E-state index >= 15 is 0 Å². The van der Waals surface area contributed by atoms with Crippen LogP contribution < -0.4 is 14.4 Å². The highest BCUT2D eigenvalue weighted by molar-refractivity contribution is 7.92. The summed E-state index contributed by atoms with van der Waals surface area (Å²) in [6, 6.07) is 11.0. The molecule has 0 unspecified atom stereocenters. The van der Waals surface area contributed by atoms with Gasteiger partial charge < -0.3 is 15.0 Å². The van der Waals surface area contributed by atoms with Crippen LogP contribution in [0.5, 0.6) is 5.75 Å². The number of carbonyl (C=O) groups excluding carboxylic acids is 2. The minimum absolute atomic E-state index is 0.0930. The summed E-state index contributed by atoms with van der Waals surface area (Å²) < 4.78 is 44.2. The molecule has 2 aromatic carbocycles. The summed E-state index contributed by atoms with van der Waals surface area (Å²) in [6.07, 6.45) is 1.30. The predicted octanol–water partition coefficient (Wildman–Crippen LogP) is 2.15. The van der Waals surface area contributed by atoms with Gasteiger partial charge in [0.05, 0.1) is 19.1 Å². The third-order valence-electron chi connectivity index (χ3n) is 4.94. The molecule has 0 radical (unpaired) electrons. The zero-order chi connectivity index (χ0) is 23.9. The van der Waals surface area contributed by atoms with E-state index in [2.05, 4.69) is 5.32 Å². The van der Waals surface area contributed by atoms with Crippen LogP contribution in [0.3, 0.4) is 0 Å². The Hall–Kier alpha value is -3.14. The quantitative estimate of drug-likeness (QED) is 0.580. The van der Waals surface area contributed by atoms with Crippen LogP contribution in [0.25, 0.3) is 0 Å². The fraction of sp³-hybridized carbons (Fsp3) is 0.364. The van der Waals surface area contributed by atoms with E-state index in [1.54, 1.807) is 38.3 Å². The zero-order valence-electron chi connectivity index (χ0n) is 18.5. The third kappa shape index (κ3) is 6.43. The summed E-state index contributed by atoms with van der Waals surface area (Å²) in [5, 5.41) is 2.55. The number of anilines is 1. The van der Waals surface area contributed by atoms with E-state index < -0.39 is 34.3 Å². The number of nitrogens with zero attached hydrogens (tertiary/aromatic N) is 2. The number of sulfonamides is 1. The summed E-state index contributed by atoms with van der Waals surface area (Å²) in [5.74, 6) is -0.807. The lowest BCUT2D eigenvalue weighted by Crippen LogP contribution is -2.51. The highest BCUT2D eigenvalue weighted by atomic mass is 32.2. The number of likely N-dealkylation sites (N-methyl/N-ethyl adjacent to an activating group) is 1. The van der Waals surface area contributed by atoms with Gasteiger partial charge in [-0.25, -0.2) is 12.8 Å². The van der Waals surface area contributed by atoms with Crippen molar-refractivity contribution in [1.82, 2.24) is 10.2 Å². The average molecular weight is 466 g/mol. The summed E-state index contributed by atoms with van der Waals surface area (Å²) in [4.78, 5) is 27.2. The van der Waals surface area contributed by atoms with Crippen LogP contribution in [-0.4, -0.2) is 58.1 Å². The van der Waals surface area contributed by atoms with Crippen molar-refractivity contribution in [2.24, 2.45) is 0 Å². The molecule has 0 aromatic heterocycles. The van der Waals surface area contributed by atoms with E-state index in [-0.39, 0.29) is 18.1 Å². The van der Waals surface area contributed by atoms with Gasteiger partial charge in [0.1, 0.15) is 24.2 Å². The smallest absolute Gasteiger partial charge is 0.244 e.